The van der Waals surface area contributed by atoms with Crippen LogP contribution in [0.2, 0.25) is 0 Å². The first kappa shape index (κ1) is 18.6. The number of nitrogens with one attached hydrogen (secondary N) is 1. The van der Waals surface area contributed by atoms with Crippen molar-refractivity contribution in [3.05, 3.63) is 101 Å². The van der Waals surface area contributed by atoms with E-state index in [-0.39, 0.29) is 0 Å². The molecule has 0 radical (unpaired) electrons. The van der Waals surface area contributed by atoms with E-state index in [2.05, 4.69) is 5.32 Å². The van der Waals surface area contributed by atoms with E-state index >= 15 is 0 Å². The van der Waals surface area contributed by atoms with Crippen LogP contribution in [0.15, 0.2) is 78.9 Å². The van der Waals surface area contributed by atoms with Gasteiger partial charge < -0.3 is 5.32 Å². The minimum atomic E-state index is -0.924. The number of nitrogens with zero attached hydrogens (tertiary/aromatic N) is 1. The van der Waals surface area contributed by atoms with E-state index in [1.165, 1.54) is 0 Å². The highest BCUT2D eigenvalue weighted by Crippen LogP contribution is 2.25. The molecule has 29 heavy (non-hydrogen) atoms. The van der Waals surface area contributed by atoms with Crippen LogP contribution < -0.4 is 5.32 Å². The number of hydrogen-bond donors (Lipinski definition) is 1. The molecule has 0 unspecified atom stereocenters. The second-order valence-corrected chi connectivity index (χ2v) is 7.01. The van der Waals surface area contributed by atoms with Gasteiger partial charge in [0.2, 0.25) is 5.91 Å². The number of hydrogen-bond acceptors (Lipinski definition) is 3. The molecule has 0 saturated carbocycles. The Morgan fingerprint density at radius 3 is 2.03 bits per heavy atom. The number of benzene rings is 3. The largest absolute Gasteiger partial charge is 0.324 e. The molecular formula is C24H20N2O3. The van der Waals surface area contributed by atoms with Crippen LogP contribution in [0.3, 0.4) is 0 Å². The summed E-state index contributed by atoms with van der Waals surface area (Å²) in [6, 6.07) is 23.2. The van der Waals surface area contributed by atoms with E-state index in [1.54, 1.807) is 31.2 Å². The maximum atomic E-state index is 12.9. The molecule has 4 rings (SSSR count). The maximum Gasteiger partial charge on any atom is 0.262 e. The Hall–Kier alpha value is -3.73. The number of imide groups is 1. The fraction of sp³-hybridized carbons (Fsp3) is 0.125. The molecule has 0 spiro atoms. The van der Waals surface area contributed by atoms with Gasteiger partial charge in [-0.3, -0.25) is 19.3 Å². The van der Waals surface area contributed by atoms with Crippen molar-refractivity contribution < 1.29 is 14.4 Å². The van der Waals surface area contributed by atoms with Crippen molar-refractivity contribution in [1.29, 1.82) is 0 Å². The average molecular weight is 384 g/mol. The number of rotatable bonds is 5. The zero-order valence-corrected chi connectivity index (χ0v) is 16.0. The van der Waals surface area contributed by atoms with Crippen molar-refractivity contribution in [2.75, 3.05) is 5.32 Å². The fourth-order valence-corrected chi connectivity index (χ4v) is 3.53. The van der Waals surface area contributed by atoms with E-state index < -0.39 is 23.8 Å². The van der Waals surface area contributed by atoms with Crippen molar-refractivity contribution >= 4 is 23.4 Å². The number of carbonyl (C=O) groups excluding carboxylic acids is 3. The topological polar surface area (TPSA) is 66.5 Å². The third-order valence-electron chi connectivity index (χ3n) is 5.10. The standard InChI is InChI=1S/C24H20N2O3/c1-16(26-23(28)19-12-6-7-13-20(19)24(26)29)22(27)25-21-14-8-5-11-18(21)15-17-9-3-2-4-10-17/h2-14,16H,15H2,1H3,(H,25,27)/t16-/m0/s1. The molecule has 3 amide bonds. The molecule has 1 atom stereocenters. The van der Waals surface area contributed by atoms with Crippen molar-refractivity contribution in [3.8, 4) is 0 Å². The van der Waals surface area contributed by atoms with Crippen LogP contribution in [0, 0.1) is 0 Å². The van der Waals surface area contributed by atoms with E-state index in [0.717, 1.165) is 16.0 Å². The molecule has 0 fully saturated rings. The maximum absolute atomic E-state index is 12.9. The van der Waals surface area contributed by atoms with Gasteiger partial charge in [0.15, 0.2) is 0 Å². The molecule has 0 saturated heterocycles. The zero-order chi connectivity index (χ0) is 20.4. The molecule has 1 heterocycles. The lowest BCUT2D eigenvalue weighted by Crippen LogP contribution is -2.45. The Labute approximate surface area is 169 Å². The molecular weight excluding hydrogens is 364 g/mol. The molecule has 0 aliphatic carbocycles. The second-order valence-electron chi connectivity index (χ2n) is 7.01. The second kappa shape index (κ2) is 7.72. The zero-order valence-electron chi connectivity index (χ0n) is 16.0. The van der Waals surface area contributed by atoms with Gasteiger partial charge in [-0.15, -0.1) is 0 Å². The van der Waals surface area contributed by atoms with Crippen LogP contribution in [0.1, 0.15) is 38.8 Å². The Balaban J connectivity index is 1.53. The molecule has 3 aromatic carbocycles. The van der Waals surface area contributed by atoms with E-state index in [4.69, 9.17) is 0 Å². The highest BCUT2D eigenvalue weighted by molar-refractivity contribution is 6.23. The minimum Gasteiger partial charge on any atom is -0.324 e. The normalized spacial score (nSPS) is 13.9. The van der Waals surface area contributed by atoms with Gasteiger partial charge in [-0.2, -0.15) is 0 Å². The lowest BCUT2D eigenvalue weighted by atomic mass is 10.0. The average Bonchev–Trinajstić information content (AvgIpc) is 3.00. The van der Waals surface area contributed by atoms with Crippen molar-refractivity contribution in [2.24, 2.45) is 0 Å². The summed E-state index contributed by atoms with van der Waals surface area (Å²) in [5.41, 5.74) is 3.43. The Kier molecular flexibility index (Phi) is 4.96. The predicted molar refractivity (Wildman–Crippen MR) is 111 cm³/mol. The summed E-state index contributed by atoms with van der Waals surface area (Å²) in [4.78, 5) is 39.2. The summed E-state index contributed by atoms with van der Waals surface area (Å²) >= 11 is 0. The summed E-state index contributed by atoms with van der Waals surface area (Å²) in [5.74, 6) is -1.28. The van der Waals surface area contributed by atoms with Gasteiger partial charge in [0.25, 0.3) is 11.8 Å². The first-order valence-electron chi connectivity index (χ1n) is 9.46. The monoisotopic (exact) mass is 384 g/mol. The minimum absolute atomic E-state index is 0.335. The summed E-state index contributed by atoms with van der Waals surface area (Å²) in [6.07, 6.45) is 0.665. The molecule has 0 bridgehead atoms. The third kappa shape index (κ3) is 3.55. The number of amides is 3. The first-order valence-corrected chi connectivity index (χ1v) is 9.46. The van der Waals surface area contributed by atoms with Crippen LogP contribution in [0.5, 0.6) is 0 Å². The number of anilines is 1. The van der Waals surface area contributed by atoms with E-state index in [1.807, 2.05) is 54.6 Å². The van der Waals surface area contributed by atoms with Gasteiger partial charge in [-0.25, -0.2) is 0 Å². The first-order chi connectivity index (χ1) is 14.1. The SMILES string of the molecule is C[C@@H](C(=O)Nc1ccccc1Cc1ccccc1)N1C(=O)c2ccccc2C1=O. The summed E-state index contributed by atoms with van der Waals surface area (Å²) in [6.45, 7) is 1.57. The molecule has 144 valence electrons. The Morgan fingerprint density at radius 2 is 1.38 bits per heavy atom. The van der Waals surface area contributed by atoms with Crippen molar-refractivity contribution in [2.45, 2.75) is 19.4 Å². The molecule has 1 aliphatic rings. The molecule has 1 N–H and O–H groups in total. The highest BCUT2D eigenvalue weighted by Gasteiger charge is 2.40. The predicted octanol–water partition coefficient (Wildman–Crippen LogP) is 3.90. The van der Waals surface area contributed by atoms with E-state index in [0.29, 0.717) is 23.2 Å². The van der Waals surface area contributed by atoms with Crippen LogP contribution >= 0.6 is 0 Å². The van der Waals surface area contributed by atoms with Crippen LogP contribution in [0.25, 0.3) is 0 Å². The quantitative estimate of drug-likeness (QED) is 0.679. The molecule has 5 heteroatoms. The van der Waals surface area contributed by atoms with Gasteiger partial charge in [-0.1, -0.05) is 60.7 Å². The van der Waals surface area contributed by atoms with Crippen LogP contribution in [-0.4, -0.2) is 28.7 Å². The lowest BCUT2D eigenvalue weighted by Gasteiger charge is -2.22. The van der Waals surface area contributed by atoms with Crippen LogP contribution in [0.4, 0.5) is 5.69 Å². The Morgan fingerprint density at radius 1 is 0.828 bits per heavy atom. The molecule has 0 aromatic heterocycles. The molecule has 3 aromatic rings. The molecule has 1 aliphatic heterocycles. The third-order valence-corrected chi connectivity index (χ3v) is 5.10. The highest BCUT2D eigenvalue weighted by atomic mass is 16.2. The van der Waals surface area contributed by atoms with Crippen molar-refractivity contribution in [1.82, 2.24) is 4.90 Å². The van der Waals surface area contributed by atoms with Gasteiger partial charge in [0, 0.05) is 5.69 Å². The summed E-state index contributed by atoms with van der Waals surface area (Å²) in [7, 11) is 0. The van der Waals surface area contributed by atoms with Crippen molar-refractivity contribution in [3.63, 3.8) is 0 Å². The van der Waals surface area contributed by atoms with Gasteiger partial charge in [0.1, 0.15) is 6.04 Å². The smallest absolute Gasteiger partial charge is 0.262 e. The van der Waals surface area contributed by atoms with Gasteiger partial charge in [-0.05, 0) is 42.7 Å². The van der Waals surface area contributed by atoms with Gasteiger partial charge >= 0.3 is 0 Å². The molecule has 5 nitrogen and oxygen atoms in total. The number of fused-ring (bicyclic) bond motifs is 1. The fourth-order valence-electron chi connectivity index (χ4n) is 3.53. The Bertz CT molecular complexity index is 1060. The van der Waals surface area contributed by atoms with Crippen LogP contribution in [-0.2, 0) is 11.2 Å². The summed E-state index contributed by atoms with van der Waals surface area (Å²) < 4.78 is 0. The van der Waals surface area contributed by atoms with E-state index in [9.17, 15) is 14.4 Å². The lowest BCUT2D eigenvalue weighted by molar-refractivity contribution is -0.119. The summed E-state index contributed by atoms with van der Waals surface area (Å²) in [5, 5.41) is 2.89. The number of para-hydroxylation sites is 1. The van der Waals surface area contributed by atoms with Gasteiger partial charge in [0.05, 0.1) is 11.1 Å². The number of carbonyl (C=O) groups is 3.